The molecule has 0 aliphatic heterocycles. The van der Waals surface area contributed by atoms with Gasteiger partial charge in [-0.15, -0.1) is 22.7 Å². The van der Waals surface area contributed by atoms with Crippen molar-refractivity contribution in [2.24, 2.45) is 0 Å². The maximum atomic E-state index is 11.9. The summed E-state index contributed by atoms with van der Waals surface area (Å²) in [6, 6.07) is 13.2. The lowest BCUT2D eigenvalue weighted by Gasteiger charge is -2.16. The quantitative estimate of drug-likeness (QED) is 0.0702. The number of aromatic nitrogens is 4. The molecule has 0 amide bonds. The van der Waals surface area contributed by atoms with Crippen molar-refractivity contribution in [1.29, 1.82) is 0 Å². The van der Waals surface area contributed by atoms with Crippen LogP contribution in [0, 0.1) is 0 Å². The van der Waals surface area contributed by atoms with Gasteiger partial charge in [-0.1, -0.05) is 46.4 Å². The van der Waals surface area contributed by atoms with Crippen LogP contribution in [-0.4, -0.2) is 83.8 Å². The van der Waals surface area contributed by atoms with Gasteiger partial charge in [-0.3, -0.25) is 9.11 Å². The minimum absolute atomic E-state index is 0.124. The number of benzene rings is 2. The molecule has 21 heteroatoms. The highest BCUT2D eigenvalue weighted by molar-refractivity contribution is 7.88. The van der Waals surface area contributed by atoms with Gasteiger partial charge in [0.25, 0.3) is 0 Å². The Morgan fingerprint density at radius 2 is 1.10 bits per heavy atom. The Bertz CT molecular complexity index is 2610. The standard InChI is InChI=1S/C37H33Cl4N5O8S4/c1-44(8-2-10-53-18-28-24-12-20-14-32(57(47,48)49)55-36(20)34(24)45(42-28)30-6-4-22(38)16-26(30)40)9-3-11-54-19-29-25-13-21-15-33(58(50,51)52)56-37(21)35(25)46(43-29)31-7-5-23(39)17-27(31)41/h4-7,14-17H,2-3,8-13,18-19H2,1H3,(H,47,48,49)(H,50,51,52). The van der Waals surface area contributed by atoms with E-state index in [9.17, 15) is 25.9 Å². The number of rotatable bonds is 16. The van der Waals surface area contributed by atoms with Crippen LogP contribution in [-0.2, 0) is 55.8 Å². The first-order valence-electron chi connectivity index (χ1n) is 17.7. The second kappa shape index (κ2) is 16.5. The molecule has 2 N–H and O–H groups in total. The number of fused-ring (bicyclic) bond motifs is 6. The van der Waals surface area contributed by atoms with Gasteiger partial charge in [0, 0.05) is 60.3 Å². The van der Waals surface area contributed by atoms with Crippen LogP contribution >= 0.6 is 69.1 Å². The van der Waals surface area contributed by atoms with E-state index >= 15 is 0 Å². The van der Waals surface area contributed by atoms with Crippen LogP contribution in [0.15, 0.2) is 56.9 Å². The summed E-state index contributed by atoms with van der Waals surface area (Å²) in [5.74, 6) is 0. The van der Waals surface area contributed by atoms with Gasteiger partial charge >= 0.3 is 20.2 Å². The number of hydrogen-bond acceptors (Lipinski definition) is 11. The molecule has 2 aliphatic carbocycles. The van der Waals surface area contributed by atoms with Gasteiger partial charge in [-0.2, -0.15) is 27.0 Å². The lowest BCUT2D eigenvalue weighted by atomic mass is 10.1. The maximum absolute atomic E-state index is 11.9. The van der Waals surface area contributed by atoms with Gasteiger partial charge in [0.15, 0.2) is 0 Å². The molecule has 4 aromatic heterocycles. The van der Waals surface area contributed by atoms with Crippen molar-refractivity contribution in [3.8, 4) is 32.5 Å². The average Bonchev–Trinajstić information content (AvgIpc) is 3.97. The Morgan fingerprint density at radius 3 is 1.48 bits per heavy atom. The monoisotopic (exact) mass is 943 g/mol. The molecule has 306 valence electrons. The summed E-state index contributed by atoms with van der Waals surface area (Å²) in [5.41, 5.74) is 7.44. The fourth-order valence-corrected chi connectivity index (χ4v) is 12.0. The second-order valence-electron chi connectivity index (χ2n) is 13.8. The van der Waals surface area contributed by atoms with Crippen molar-refractivity contribution in [1.82, 2.24) is 24.5 Å². The average molecular weight is 946 g/mol. The van der Waals surface area contributed by atoms with Crippen LogP contribution in [0.4, 0.5) is 0 Å². The van der Waals surface area contributed by atoms with E-state index in [1.807, 2.05) is 7.05 Å². The second-order valence-corrected chi connectivity index (χ2v) is 20.9. The molecule has 13 nitrogen and oxygen atoms in total. The minimum atomic E-state index is -4.36. The predicted octanol–water partition coefficient (Wildman–Crippen LogP) is 8.88. The third-order valence-corrected chi connectivity index (χ3v) is 15.8. The van der Waals surface area contributed by atoms with Crippen molar-refractivity contribution < 1.29 is 35.4 Å². The topological polar surface area (TPSA) is 166 Å². The molecule has 0 fully saturated rings. The number of hydrogen-bond donors (Lipinski definition) is 2. The Morgan fingerprint density at radius 1 is 0.690 bits per heavy atom. The summed E-state index contributed by atoms with van der Waals surface area (Å²) in [6.07, 6.45) is 2.43. The van der Waals surface area contributed by atoms with Gasteiger partial charge in [-0.05, 0) is 79.5 Å². The Balaban J connectivity index is 0.844. The molecule has 0 saturated heterocycles. The predicted molar refractivity (Wildman–Crippen MR) is 225 cm³/mol. The highest BCUT2D eigenvalue weighted by atomic mass is 35.5. The molecular formula is C37H33Cl4N5O8S4. The molecule has 2 aromatic carbocycles. The third kappa shape index (κ3) is 8.39. The normalized spacial score (nSPS) is 13.4. The summed E-state index contributed by atoms with van der Waals surface area (Å²) in [6.45, 7) is 3.05. The molecule has 0 saturated carbocycles. The van der Waals surface area contributed by atoms with Gasteiger partial charge in [-0.25, -0.2) is 9.36 Å². The van der Waals surface area contributed by atoms with E-state index in [1.165, 1.54) is 12.1 Å². The van der Waals surface area contributed by atoms with Crippen molar-refractivity contribution in [2.75, 3.05) is 33.4 Å². The molecule has 58 heavy (non-hydrogen) atoms. The first-order chi connectivity index (χ1) is 27.6. The van der Waals surface area contributed by atoms with E-state index in [2.05, 4.69) is 4.90 Å². The third-order valence-electron chi connectivity index (χ3n) is 9.79. The van der Waals surface area contributed by atoms with Crippen molar-refractivity contribution >= 4 is 89.3 Å². The van der Waals surface area contributed by atoms with Crippen LogP contribution < -0.4 is 0 Å². The van der Waals surface area contributed by atoms with Crippen LogP contribution in [0.1, 0.15) is 46.5 Å². The number of thiophene rings is 2. The summed E-state index contributed by atoms with van der Waals surface area (Å²) < 4.78 is 82.2. The van der Waals surface area contributed by atoms with Gasteiger partial charge < -0.3 is 14.4 Å². The Hall–Kier alpha value is -2.88. The number of ether oxygens (including phenoxy) is 2. The van der Waals surface area contributed by atoms with E-state index in [0.29, 0.717) is 90.1 Å². The fourth-order valence-electron chi connectivity index (χ4n) is 7.14. The molecular weight excluding hydrogens is 913 g/mol. The van der Waals surface area contributed by atoms with Crippen molar-refractivity contribution in [3.05, 3.63) is 102 Å². The molecule has 0 radical (unpaired) electrons. The molecule has 2 aliphatic rings. The van der Waals surface area contributed by atoms with E-state index in [1.54, 1.807) is 45.8 Å². The van der Waals surface area contributed by atoms with E-state index in [0.717, 1.165) is 70.9 Å². The number of nitrogens with zero attached hydrogens (tertiary/aromatic N) is 5. The first kappa shape index (κ1) is 41.8. The summed E-state index contributed by atoms with van der Waals surface area (Å²) in [5, 5.41) is 11.4. The van der Waals surface area contributed by atoms with Gasteiger partial charge in [0.05, 0.1) is 67.2 Å². The number of halogens is 4. The van der Waals surface area contributed by atoms with Crippen LogP contribution in [0.3, 0.4) is 0 Å². The van der Waals surface area contributed by atoms with Crippen LogP contribution in [0.5, 0.6) is 0 Å². The lowest BCUT2D eigenvalue weighted by molar-refractivity contribution is 0.0981. The Labute approximate surface area is 362 Å². The van der Waals surface area contributed by atoms with Crippen LogP contribution in [0.2, 0.25) is 20.1 Å². The largest absolute Gasteiger partial charge is 0.375 e. The molecule has 6 aromatic rings. The van der Waals surface area contributed by atoms with E-state index in [-0.39, 0.29) is 21.6 Å². The smallest absolute Gasteiger partial charge is 0.304 e. The van der Waals surface area contributed by atoms with E-state index in [4.69, 9.17) is 66.1 Å². The van der Waals surface area contributed by atoms with Gasteiger partial charge in [0.2, 0.25) is 0 Å². The molecule has 4 heterocycles. The minimum Gasteiger partial charge on any atom is -0.375 e. The highest BCUT2D eigenvalue weighted by Crippen LogP contribution is 2.48. The molecule has 0 unspecified atom stereocenters. The lowest BCUT2D eigenvalue weighted by Crippen LogP contribution is -2.23. The van der Waals surface area contributed by atoms with E-state index < -0.39 is 20.2 Å². The molecule has 0 atom stereocenters. The van der Waals surface area contributed by atoms with Gasteiger partial charge in [0.1, 0.15) is 8.42 Å². The maximum Gasteiger partial charge on any atom is 0.304 e. The fraction of sp³-hybridized carbons (Fsp3) is 0.297. The molecule has 0 spiro atoms. The highest BCUT2D eigenvalue weighted by Gasteiger charge is 2.34. The van der Waals surface area contributed by atoms with Crippen molar-refractivity contribution in [3.63, 3.8) is 0 Å². The summed E-state index contributed by atoms with van der Waals surface area (Å²) in [7, 11) is -6.69. The Kier molecular flexibility index (Phi) is 11.9. The van der Waals surface area contributed by atoms with Crippen LogP contribution in [0.25, 0.3) is 32.5 Å². The zero-order chi connectivity index (χ0) is 41.1. The first-order valence-corrected chi connectivity index (χ1v) is 23.8. The SMILES string of the molecule is CN(CCCOCc1nn(-c2ccc(Cl)cc2Cl)c2c1Cc1cc(S(=O)(=O)O)sc1-2)CCCOCc1nn(-c2ccc(Cl)cc2Cl)c2c1Cc1cc(S(=O)(=O)O)sc1-2. The zero-order valence-corrected chi connectivity index (χ0v) is 36.7. The zero-order valence-electron chi connectivity index (χ0n) is 30.4. The summed E-state index contributed by atoms with van der Waals surface area (Å²) >= 11 is 27.4. The molecule has 0 bridgehead atoms. The van der Waals surface area contributed by atoms with Crippen molar-refractivity contribution in [2.45, 2.75) is 47.3 Å². The molecule has 8 rings (SSSR count). The summed E-state index contributed by atoms with van der Waals surface area (Å²) in [4.78, 5) is 3.60.